The fourth-order valence-electron chi connectivity index (χ4n) is 1.16. The van der Waals surface area contributed by atoms with E-state index < -0.39 is 0 Å². The lowest BCUT2D eigenvalue weighted by Crippen LogP contribution is -2.04. The molecule has 0 aliphatic heterocycles. The van der Waals surface area contributed by atoms with Gasteiger partial charge in [0.25, 0.3) is 0 Å². The van der Waals surface area contributed by atoms with Crippen LogP contribution in [0.2, 0.25) is 0 Å². The number of nitrogens with zero attached hydrogens (tertiary/aromatic N) is 4. The molecule has 0 bridgehead atoms. The number of anilines is 1. The predicted molar refractivity (Wildman–Crippen MR) is 61.0 cm³/mol. The first kappa shape index (κ1) is 10.1. The van der Waals surface area contributed by atoms with E-state index in [1.165, 1.54) is 0 Å². The van der Waals surface area contributed by atoms with E-state index >= 15 is 0 Å². The molecule has 15 heavy (non-hydrogen) atoms. The Hall–Kier alpha value is -1.43. The van der Waals surface area contributed by atoms with Crippen molar-refractivity contribution in [1.29, 1.82) is 0 Å². The third-order valence-electron chi connectivity index (χ3n) is 1.77. The Balaban J connectivity index is 2.32. The second-order valence-corrected chi connectivity index (χ2v) is 3.81. The van der Waals surface area contributed by atoms with Gasteiger partial charge in [-0.05, 0) is 22.9 Å². The van der Waals surface area contributed by atoms with Crippen LogP contribution >= 0.6 is 15.9 Å². The Morgan fingerprint density at radius 2 is 2.27 bits per heavy atom. The van der Waals surface area contributed by atoms with Crippen LogP contribution < -0.4 is 5.32 Å². The molecule has 2 rings (SSSR count). The molecular formula is C9H10BrN5. The van der Waals surface area contributed by atoms with Gasteiger partial charge in [-0.2, -0.15) is 5.10 Å². The Kier molecular flexibility index (Phi) is 2.96. The van der Waals surface area contributed by atoms with Crippen molar-refractivity contribution in [2.75, 3.05) is 11.9 Å². The first-order valence-corrected chi connectivity index (χ1v) is 5.35. The second-order valence-electron chi connectivity index (χ2n) is 2.90. The van der Waals surface area contributed by atoms with Gasteiger partial charge in [0.05, 0.1) is 23.1 Å². The Labute approximate surface area is 95.7 Å². The molecule has 0 saturated carbocycles. The normalized spacial score (nSPS) is 10.3. The molecule has 2 aromatic heterocycles. The first-order valence-electron chi connectivity index (χ1n) is 4.56. The summed E-state index contributed by atoms with van der Waals surface area (Å²) in [5.41, 5.74) is 0. The summed E-state index contributed by atoms with van der Waals surface area (Å²) in [5.74, 6) is 1.45. The van der Waals surface area contributed by atoms with Crippen LogP contribution in [0.4, 0.5) is 5.82 Å². The average molecular weight is 268 g/mol. The maximum absolute atomic E-state index is 4.35. The fourth-order valence-corrected chi connectivity index (χ4v) is 1.44. The highest BCUT2D eigenvalue weighted by atomic mass is 79.9. The smallest absolute Gasteiger partial charge is 0.174 e. The Morgan fingerprint density at radius 3 is 2.93 bits per heavy atom. The van der Waals surface area contributed by atoms with Crippen LogP contribution in [0.25, 0.3) is 5.82 Å². The van der Waals surface area contributed by atoms with Crippen LogP contribution in [0.3, 0.4) is 0 Å². The molecule has 0 fully saturated rings. The summed E-state index contributed by atoms with van der Waals surface area (Å²) in [6.45, 7) is 2.83. The second kappa shape index (κ2) is 4.39. The third-order valence-corrected chi connectivity index (χ3v) is 2.18. The van der Waals surface area contributed by atoms with Crippen molar-refractivity contribution in [3.63, 3.8) is 0 Å². The number of aromatic nitrogens is 4. The molecule has 0 radical (unpaired) electrons. The zero-order chi connectivity index (χ0) is 10.7. The molecule has 2 heterocycles. The van der Waals surface area contributed by atoms with Crippen LogP contribution in [0.5, 0.6) is 0 Å². The van der Waals surface area contributed by atoms with Gasteiger partial charge in [0.15, 0.2) is 5.82 Å². The van der Waals surface area contributed by atoms with Crippen LogP contribution in [-0.4, -0.2) is 26.3 Å². The van der Waals surface area contributed by atoms with Crippen molar-refractivity contribution in [1.82, 2.24) is 19.7 Å². The van der Waals surface area contributed by atoms with Gasteiger partial charge in [-0.1, -0.05) is 0 Å². The molecule has 6 heteroatoms. The topological polar surface area (TPSA) is 55.6 Å². The van der Waals surface area contributed by atoms with Crippen molar-refractivity contribution in [2.24, 2.45) is 0 Å². The molecule has 0 atom stereocenters. The maximum atomic E-state index is 4.35. The summed E-state index contributed by atoms with van der Waals surface area (Å²) < 4.78 is 2.58. The zero-order valence-corrected chi connectivity index (χ0v) is 9.77. The van der Waals surface area contributed by atoms with Crippen molar-refractivity contribution < 1.29 is 0 Å². The van der Waals surface area contributed by atoms with Crippen LogP contribution in [0.1, 0.15) is 6.92 Å². The van der Waals surface area contributed by atoms with Crippen molar-refractivity contribution in [3.8, 4) is 5.82 Å². The first-order chi connectivity index (χ1) is 7.29. The Bertz CT molecular complexity index is 453. The number of hydrogen-bond acceptors (Lipinski definition) is 4. The summed E-state index contributed by atoms with van der Waals surface area (Å²) >= 11 is 3.33. The zero-order valence-electron chi connectivity index (χ0n) is 8.18. The van der Waals surface area contributed by atoms with E-state index in [-0.39, 0.29) is 0 Å². The van der Waals surface area contributed by atoms with Gasteiger partial charge < -0.3 is 5.32 Å². The van der Waals surface area contributed by atoms with E-state index in [9.17, 15) is 0 Å². The highest BCUT2D eigenvalue weighted by Gasteiger charge is 2.01. The van der Waals surface area contributed by atoms with Gasteiger partial charge in [0, 0.05) is 12.7 Å². The van der Waals surface area contributed by atoms with Gasteiger partial charge in [0.2, 0.25) is 0 Å². The third kappa shape index (κ3) is 2.33. The van der Waals surface area contributed by atoms with Crippen LogP contribution in [0.15, 0.2) is 29.3 Å². The van der Waals surface area contributed by atoms with E-state index in [0.29, 0.717) is 5.82 Å². The number of nitrogens with one attached hydrogen (secondary N) is 1. The van der Waals surface area contributed by atoms with Gasteiger partial charge >= 0.3 is 0 Å². The molecule has 0 unspecified atom stereocenters. The molecule has 5 nitrogen and oxygen atoms in total. The largest absolute Gasteiger partial charge is 0.369 e. The van der Waals surface area contributed by atoms with Crippen molar-refractivity contribution >= 4 is 21.7 Å². The lowest BCUT2D eigenvalue weighted by molar-refractivity contribution is 0.837. The molecular weight excluding hydrogens is 258 g/mol. The van der Waals surface area contributed by atoms with Gasteiger partial charge in [-0.15, -0.1) is 0 Å². The summed E-state index contributed by atoms with van der Waals surface area (Å²) in [6, 6.07) is 0. The minimum Gasteiger partial charge on any atom is -0.369 e. The van der Waals surface area contributed by atoms with E-state index in [4.69, 9.17) is 0 Å². The molecule has 0 saturated heterocycles. The highest BCUT2D eigenvalue weighted by Crippen LogP contribution is 2.11. The monoisotopic (exact) mass is 267 g/mol. The molecule has 0 aromatic carbocycles. The van der Waals surface area contributed by atoms with Crippen molar-refractivity contribution in [3.05, 3.63) is 29.3 Å². The van der Waals surface area contributed by atoms with Gasteiger partial charge in [-0.25, -0.2) is 9.67 Å². The minimum absolute atomic E-state index is 0.694. The van der Waals surface area contributed by atoms with Gasteiger partial charge in [0.1, 0.15) is 5.82 Å². The van der Waals surface area contributed by atoms with Crippen LogP contribution in [-0.2, 0) is 0 Å². The quantitative estimate of drug-likeness (QED) is 0.923. The summed E-state index contributed by atoms with van der Waals surface area (Å²) in [6.07, 6.45) is 6.90. The summed E-state index contributed by atoms with van der Waals surface area (Å²) in [4.78, 5) is 8.44. The predicted octanol–water partition coefficient (Wildman–Crippen LogP) is 1.86. The highest BCUT2D eigenvalue weighted by molar-refractivity contribution is 9.10. The fraction of sp³-hybridized carbons (Fsp3) is 0.222. The van der Waals surface area contributed by atoms with E-state index in [0.717, 1.165) is 16.8 Å². The molecule has 0 spiro atoms. The molecule has 0 aliphatic carbocycles. The Morgan fingerprint density at radius 1 is 1.40 bits per heavy atom. The van der Waals surface area contributed by atoms with E-state index in [1.807, 2.05) is 13.1 Å². The van der Waals surface area contributed by atoms with Crippen molar-refractivity contribution in [2.45, 2.75) is 6.92 Å². The number of halogens is 1. The minimum atomic E-state index is 0.694. The van der Waals surface area contributed by atoms with Crippen LogP contribution in [0, 0.1) is 0 Å². The lowest BCUT2D eigenvalue weighted by Gasteiger charge is -2.03. The lowest BCUT2D eigenvalue weighted by atomic mass is 10.6. The molecule has 78 valence electrons. The summed E-state index contributed by atoms with van der Waals surface area (Å²) in [7, 11) is 0. The SMILES string of the molecule is CCNc1cncc(-n2cc(Br)cn2)n1. The van der Waals surface area contributed by atoms with E-state index in [2.05, 4.69) is 36.3 Å². The van der Waals surface area contributed by atoms with E-state index in [1.54, 1.807) is 23.3 Å². The molecule has 2 aromatic rings. The number of hydrogen-bond donors (Lipinski definition) is 1. The molecule has 0 aliphatic rings. The average Bonchev–Trinajstić information content (AvgIpc) is 2.66. The van der Waals surface area contributed by atoms with Gasteiger partial charge in [-0.3, -0.25) is 4.98 Å². The standard InChI is InChI=1S/C9H10BrN5/c1-2-12-8-4-11-5-9(14-8)15-6-7(10)3-13-15/h3-6H,2H2,1H3,(H,12,14). The maximum Gasteiger partial charge on any atom is 0.174 e. The summed E-state index contributed by atoms with van der Waals surface area (Å²) in [5, 5.41) is 7.22. The molecule has 1 N–H and O–H groups in total. The molecule has 0 amide bonds. The number of rotatable bonds is 3.